The Bertz CT molecular complexity index is 357. The highest BCUT2D eigenvalue weighted by molar-refractivity contribution is 5.69. The van der Waals surface area contributed by atoms with Crippen LogP contribution in [0.3, 0.4) is 0 Å². The Labute approximate surface area is 172 Å². The predicted octanol–water partition coefficient (Wildman–Crippen LogP) is 5.98. The van der Waals surface area contributed by atoms with E-state index < -0.39 is 0 Å². The third-order valence-electron chi connectivity index (χ3n) is 4.73. The van der Waals surface area contributed by atoms with E-state index in [9.17, 15) is 9.59 Å². The van der Waals surface area contributed by atoms with Crippen LogP contribution in [0.15, 0.2) is 0 Å². The Hall–Kier alpha value is -1.10. The Balaban J connectivity index is 3.20. The van der Waals surface area contributed by atoms with Gasteiger partial charge in [0.2, 0.25) is 0 Å². The summed E-state index contributed by atoms with van der Waals surface area (Å²) in [5.74, 6) is -0.418. The fraction of sp³-hybridized carbons (Fsp3) is 0.913. The maximum Gasteiger partial charge on any atom is 0.308 e. The van der Waals surface area contributed by atoms with Crippen molar-refractivity contribution in [1.29, 1.82) is 0 Å². The number of carbonyl (C=O) groups is 2. The lowest BCUT2D eigenvalue weighted by Crippen LogP contribution is -2.13. The minimum Gasteiger partial charge on any atom is -0.466 e. The van der Waals surface area contributed by atoms with E-state index in [2.05, 4.69) is 6.92 Å². The molecule has 0 fully saturated rings. The lowest BCUT2D eigenvalue weighted by molar-refractivity contribution is -0.147. The van der Waals surface area contributed by atoms with Crippen LogP contribution in [-0.2, 0) is 23.8 Å². The standard InChI is InChI=1S/C23H44O5/c1-3-5-6-7-8-9-10-11-12-13-14-15-16-17-22(24)28-21-20-26-19-18-23(25)27-4-2/h3-21H2,1-2H3. The number of hydrogen-bond acceptors (Lipinski definition) is 5. The monoisotopic (exact) mass is 400 g/mol. The van der Waals surface area contributed by atoms with Crippen molar-refractivity contribution in [3.05, 3.63) is 0 Å². The summed E-state index contributed by atoms with van der Waals surface area (Å²) in [6, 6.07) is 0. The molecule has 0 aliphatic rings. The summed E-state index contributed by atoms with van der Waals surface area (Å²) in [7, 11) is 0. The molecule has 0 N–H and O–H groups in total. The van der Waals surface area contributed by atoms with Gasteiger partial charge in [-0.05, 0) is 13.3 Å². The van der Waals surface area contributed by atoms with Gasteiger partial charge in [0.25, 0.3) is 0 Å². The van der Waals surface area contributed by atoms with E-state index in [1.54, 1.807) is 6.92 Å². The van der Waals surface area contributed by atoms with Crippen LogP contribution in [0.1, 0.15) is 110 Å². The molecule has 0 aliphatic heterocycles. The van der Waals surface area contributed by atoms with Crippen LogP contribution in [0.5, 0.6) is 0 Å². The molecule has 0 bridgehead atoms. The molecular formula is C23H44O5. The highest BCUT2D eigenvalue weighted by atomic mass is 16.6. The molecule has 28 heavy (non-hydrogen) atoms. The molecule has 0 aromatic rings. The van der Waals surface area contributed by atoms with Gasteiger partial charge in [0.15, 0.2) is 0 Å². The van der Waals surface area contributed by atoms with E-state index in [1.165, 1.54) is 70.6 Å². The molecule has 5 nitrogen and oxygen atoms in total. The number of esters is 2. The van der Waals surface area contributed by atoms with Crippen LogP contribution in [0, 0.1) is 0 Å². The highest BCUT2D eigenvalue weighted by Crippen LogP contribution is 2.13. The Kier molecular flexibility index (Phi) is 21.3. The maximum absolute atomic E-state index is 11.6. The summed E-state index contributed by atoms with van der Waals surface area (Å²) in [4.78, 5) is 22.7. The fourth-order valence-electron chi connectivity index (χ4n) is 3.06. The van der Waals surface area contributed by atoms with Crippen molar-refractivity contribution in [3.8, 4) is 0 Å². The summed E-state index contributed by atoms with van der Waals surface area (Å²) in [5, 5.41) is 0. The maximum atomic E-state index is 11.6. The van der Waals surface area contributed by atoms with Gasteiger partial charge >= 0.3 is 11.9 Å². The van der Waals surface area contributed by atoms with E-state index in [-0.39, 0.29) is 25.0 Å². The zero-order valence-electron chi connectivity index (χ0n) is 18.5. The van der Waals surface area contributed by atoms with Crippen molar-refractivity contribution in [2.45, 2.75) is 110 Å². The molecule has 0 spiro atoms. The van der Waals surface area contributed by atoms with Crippen LogP contribution in [0.4, 0.5) is 0 Å². The molecule has 0 atom stereocenters. The van der Waals surface area contributed by atoms with E-state index >= 15 is 0 Å². The third kappa shape index (κ3) is 21.2. The minimum atomic E-state index is -0.262. The lowest BCUT2D eigenvalue weighted by Gasteiger charge is -2.06. The first kappa shape index (κ1) is 26.9. The van der Waals surface area contributed by atoms with E-state index in [0.717, 1.165) is 12.8 Å². The number of hydrogen-bond donors (Lipinski definition) is 0. The first-order valence-electron chi connectivity index (χ1n) is 11.6. The number of rotatable bonds is 21. The Morgan fingerprint density at radius 2 is 1.04 bits per heavy atom. The van der Waals surface area contributed by atoms with Crippen LogP contribution in [0.25, 0.3) is 0 Å². The molecule has 0 saturated heterocycles. The first-order chi connectivity index (χ1) is 13.7. The molecule has 0 saturated carbocycles. The Morgan fingerprint density at radius 1 is 0.536 bits per heavy atom. The van der Waals surface area contributed by atoms with Gasteiger partial charge in [0, 0.05) is 6.42 Å². The van der Waals surface area contributed by atoms with Crippen molar-refractivity contribution in [2.24, 2.45) is 0 Å². The smallest absolute Gasteiger partial charge is 0.308 e. The van der Waals surface area contributed by atoms with Crippen LogP contribution >= 0.6 is 0 Å². The summed E-state index contributed by atoms with van der Waals surface area (Å²) < 4.78 is 15.2. The topological polar surface area (TPSA) is 61.8 Å². The minimum absolute atomic E-state index is 0.155. The molecule has 0 aromatic heterocycles. The van der Waals surface area contributed by atoms with Gasteiger partial charge < -0.3 is 14.2 Å². The highest BCUT2D eigenvalue weighted by Gasteiger charge is 2.04. The number of ether oxygens (including phenoxy) is 3. The normalized spacial score (nSPS) is 10.8. The molecule has 166 valence electrons. The van der Waals surface area contributed by atoms with Crippen molar-refractivity contribution in [2.75, 3.05) is 26.4 Å². The average molecular weight is 401 g/mol. The summed E-state index contributed by atoms with van der Waals surface area (Å²) >= 11 is 0. The van der Waals surface area contributed by atoms with Crippen molar-refractivity contribution in [1.82, 2.24) is 0 Å². The molecule has 0 aliphatic carbocycles. The Morgan fingerprint density at radius 3 is 1.57 bits per heavy atom. The number of carbonyl (C=O) groups excluding carboxylic acids is 2. The third-order valence-corrected chi connectivity index (χ3v) is 4.73. The predicted molar refractivity (Wildman–Crippen MR) is 113 cm³/mol. The lowest BCUT2D eigenvalue weighted by atomic mass is 10.0. The van der Waals surface area contributed by atoms with Crippen molar-refractivity contribution < 1.29 is 23.8 Å². The summed E-state index contributed by atoms with van der Waals surface area (Å²) in [6.07, 6.45) is 17.6. The summed E-state index contributed by atoms with van der Waals surface area (Å²) in [5.41, 5.74) is 0. The van der Waals surface area contributed by atoms with E-state index in [4.69, 9.17) is 14.2 Å². The summed E-state index contributed by atoms with van der Waals surface area (Å²) in [6.45, 7) is 5.29. The average Bonchev–Trinajstić information content (AvgIpc) is 2.68. The second-order valence-electron chi connectivity index (χ2n) is 7.38. The van der Waals surface area contributed by atoms with Gasteiger partial charge in [-0.25, -0.2) is 0 Å². The van der Waals surface area contributed by atoms with Gasteiger partial charge in [-0.2, -0.15) is 0 Å². The van der Waals surface area contributed by atoms with Gasteiger partial charge in [0.1, 0.15) is 6.61 Å². The molecule has 0 rings (SSSR count). The molecule has 0 amide bonds. The molecule has 0 heterocycles. The molecule has 5 heteroatoms. The van der Waals surface area contributed by atoms with Crippen molar-refractivity contribution >= 4 is 11.9 Å². The first-order valence-corrected chi connectivity index (χ1v) is 11.6. The largest absolute Gasteiger partial charge is 0.466 e. The molecule has 0 aromatic carbocycles. The van der Waals surface area contributed by atoms with E-state index in [0.29, 0.717) is 26.2 Å². The molecule has 0 unspecified atom stereocenters. The van der Waals surface area contributed by atoms with Crippen LogP contribution in [-0.4, -0.2) is 38.4 Å². The van der Waals surface area contributed by atoms with Gasteiger partial charge in [-0.15, -0.1) is 0 Å². The second-order valence-corrected chi connectivity index (χ2v) is 7.38. The van der Waals surface area contributed by atoms with Crippen LogP contribution in [0.2, 0.25) is 0 Å². The zero-order valence-corrected chi connectivity index (χ0v) is 18.5. The fourth-order valence-corrected chi connectivity index (χ4v) is 3.06. The van der Waals surface area contributed by atoms with E-state index in [1.807, 2.05) is 0 Å². The van der Waals surface area contributed by atoms with Gasteiger partial charge in [-0.1, -0.05) is 84.0 Å². The SMILES string of the molecule is CCCCCCCCCCCCCCCC(=O)OCCOCCC(=O)OCC. The quantitative estimate of drug-likeness (QED) is 0.175. The molecule has 0 radical (unpaired) electrons. The number of unbranched alkanes of at least 4 members (excludes halogenated alkanes) is 12. The van der Waals surface area contributed by atoms with Gasteiger partial charge in [-0.3, -0.25) is 9.59 Å². The molecular weight excluding hydrogens is 356 g/mol. The zero-order chi connectivity index (χ0) is 20.7. The van der Waals surface area contributed by atoms with Gasteiger partial charge in [0.05, 0.1) is 26.2 Å². The second kappa shape index (κ2) is 22.2. The van der Waals surface area contributed by atoms with Crippen LogP contribution < -0.4 is 0 Å². The van der Waals surface area contributed by atoms with Crippen molar-refractivity contribution in [3.63, 3.8) is 0 Å².